The van der Waals surface area contributed by atoms with Crippen LogP contribution >= 0.6 is 0 Å². The lowest BCUT2D eigenvalue weighted by Gasteiger charge is -2.12. The quantitative estimate of drug-likeness (QED) is 0.715. The Kier molecular flexibility index (Phi) is 6.57. The van der Waals surface area contributed by atoms with Gasteiger partial charge in [-0.1, -0.05) is 44.2 Å². The summed E-state index contributed by atoms with van der Waals surface area (Å²) in [4.78, 5) is 24.6. The normalized spacial score (nSPS) is 10.4. The first-order chi connectivity index (χ1) is 12.0. The number of methoxy groups -OCH3 is 1. The van der Waals surface area contributed by atoms with Gasteiger partial charge in [-0.2, -0.15) is 0 Å². The van der Waals surface area contributed by atoms with Gasteiger partial charge in [0.05, 0.1) is 24.8 Å². The van der Waals surface area contributed by atoms with E-state index in [0.717, 1.165) is 5.56 Å². The summed E-state index contributed by atoms with van der Waals surface area (Å²) in [5.41, 5.74) is 1.14. The van der Waals surface area contributed by atoms with Crippen molar-refractivity contribution >= 4 is 11.9 Å². The third-order valence-corrected chi connectivity index (χ3v) is 3.47. The van der Waals surface area contributed by atoms with Crippen molar-refractivity contribution in [2.45, 2.75) is 20.5 Å². The molecule has 0 saturated heterocycles. The summed E-state index contributed by atoms with van der Waals surface area (Å²) in [5, 5.41) is 0. The van der Waals surface area contributed by atoms with Crippen LogP contribution in [0.5, 0.6) is 5.75 Å². The summed E-state index contributed by atoms with van der Waals surface area (Å²) in [6, 6.07) is 13.8. The van der Waals surface area contributed by atoms with Crippen LogP contribution in [0, 0.1) is 5.92 Å². The van der Waals surface area contributed by atoms with Gasteiger partial charge in [0.25, 0.3) is 0 Å². The molecule has 0 heterocycles. The van der Waals surface area contributed by atoms with E-state index in [0.29, 0.717) is 12.4 Å². The monoisotopic (exact) mass is 342 g/mol. The molecule has 0 aromatic heterocycles. The van der Waals surface area contributed by atoms with E-state index in [4.69, 9.17) is 14.2 Å². The van der Waals surface area contributed by atoms with Crippen molar-refractivity contribution in [1.82, 2.24) is 0 Å². The number of esters is 2. The molecule has 0 fully saturated rings. The van der Waals surface area contributed by atoms with Crippen molar-refractivity contribution in [1.29, 1.82) is 0 Å². The largest absolute Gasteiger partial charge is 0.496 e. The zero-order valence-corrected chi connectivity index (χ0v) is 14.7. The zero-order chi connectivity index (χ0) is 18.2. The third kappa shape index (κ3) is 5.08. The first-order valence-electron chi connectivity index (χ1n) is 8.08. The van der Waals surface area contributed by atoms with E-state index in [1.165, 1.54) is 0 Å². The van der Waals surface area contributed by atoms with Gasteiger partial charge in [-0.25, -0.2) is 9.59 Å². The topological polar surface area (TPSA) is 61.8 Å². The van der Waals surface area contributed by atoms with Gasteiger partial charge in [0.2, 0.25) is 0 Å². The Morgan fingerprint density at radius 2 is 1.44 bits per heavy atom. The van der Waals surface area contributed by atoms with E-state index in [1.54, 1.807) is 37.4 Å². The lowest BCUT2D eigenvalue weighted by Crippen LogP contribution is -2.16. The Morgan fingerprint density at radius 3 is 2.04 bits per heavy atom. The molecule has 25 heavy (non-hydrogen) atoms. The fourth-order valence-corrected chi connectivity index (χ4v) is 2.20. The molecule has 0 radical (unpaired) electrons. The van der Waals surface area contributed by atoms with Crippen molar-refractivity contribution in [3.8, 4) is 5.75 Å². The smallest absolute Gasteiger partial charge is 0.339 e. The molecule has 2 rings (SSSR count). The molecule has 0 spiro atoms. The molecule has 0 atom stereocenters. The Bertz CT molecular complexity index is 736. The molecule has 0 aliphatic carbocycles. The van der Waals surface area contributed by atoms with Crippen molar-refractivity contribution in [2.75, 3.05) is 13.7 Å². The van der Waals surface area contributed by atoms with E-state index in [-0.39, 0.29) is 23.7 Å². The first kappa shape index (κ1) is 18.5. The standard InChI is InChI=1S/C20H22O5/c1-14(2)12-24-19(21)16-9-5-6-10-17(16)20(22)25-13-15-8-4-7-11-18(15)23-3/h4-11,14H,12-13H2,1-3H3. The second-order valence-corrected chi connectivity index (χ2v) is 5.93. The highest BCUT2D eigenvalue weighted by molar-refractivity contribution is 6.03. The Hall–Kier alpha value is -2.82. The van der Waals surface area contributed by atoms with Gasteiger partial charge >= 0.3 is 11.9 Å². The maximum Gasteiger partial charge on any atom is 0.339 e. The SMILES string of the molecule is COc1ccccc1COC(=O)c1ccccc1C(=O)OCC(C)C. The molecule has 0 amide bonds. The molecular weight excluding hydrogens is 320 g/mol. The number of hydrogen-bond donors (Lipinski definition) is 0. The van der Waals surface area contributed by atoms with Crippen LogP contribution in [-0.4, -0.2) is 25.7 Å². The minimum atomic E-state index is -0.581. The van der Waals surface area contributed by atoms with Crippen LogP contribution in [0.3, 0.4) is 0 Å². The van der Waals surface area contributed by atoms with Crippen LogP contribution in [0.2, 0.25) is 0 Å². The van der Waals surface area contributed by atoms with E-state index >= 15 is 0 Å². The second kappa shape index (κ2) is 8.87. The molecule has 5 nitrogen and oxygen atoms in total. The van der Waals surface area contributed by atoms with Gasteiger partial charge in [0.15, 0.2) is 0 Å². The van der Waals surface area contributed by atoms with Crippen LogP contribution in [0.15, 0.2) is 48.5 Å². The fraction of sp³-hybridized carbons (Fsp3) is 0.300. The summed E-state index contributed by atoms with van der Waals surface area (Å²) >= 11 is 0. The van der Waals surface area contributed by atoms with Crippen LogP contribution in [0.4, 0.5) is 0 Å². The summed E-state index contributed by atoms with van der Waals surface area (Å²) in [7, 11) is 1.56. The van der Waals surface area contributed by atoms with Gasteiger partial charge in [-0.05, 0) is 24.1 Å². The molecule has 2 aromatic carbocycles. The highest BCUT2D eigenvalue weighted by atomic mass is 16.5. The molecule has 2 aromatic rings. The third-order valence-electron chi connectivity index (χ3n) is 3.47. The minimum absolute atomic E-state index is 0.0538. The highest BCUT2D eigenvalue weighted by Crippen LogP contribution is 2.19. The highest BCUT2D eigenvalue weighted by Gasteiger charge is 2.19. The molecule has 5 heteroatoms. The molecule has 0 aliphatic heterocycles. The van der Waals surface area contributed by atoms with Crippen LogP contribution in [-0.2, 0) is 16.1 Å². The van der Waals surface area contributed by atoms with Gasteiger partial charge in [-0.3, -0.25) is 0 Å². The maximum atomic E-state index is 12.4. The number of para-hydroxylation sites is 1. The van der Waals surface area contributed by atoms with E-state index in [9.17, 15) is 9.59 Å². The molecule has 0 saturated carbocycles. The van der Waals surface area contributed by atoms with Crippen LogP contribution in [0.1, 0.15) is 40.1 Å². The molecule has 0 N–H and O–H groups in total. The van der Waals surface area contributed by atoms with Crippen LogP contribution in [0.25, 0.3) is 0 Å². The first-order valence-corrected chi connectivity index (χ1v) is 8.08. The average Bonchev–Trinajstić information content (AvgIpc) is 2.64. The Labute approximate surface area is 147 Å². The number of benzene rings is 2. The summed E-state index contributed by atoms with van der Waals surface area (Å²) in [6.07, 6.45) is 0. The van der Waals surface area contributed by atoms with Gasteiger partial charge in [0, 0.05) is 5.56 Å². The predicted molar refractivity (Wildman–Crippen MR) is 93.7 cm³/mol. The van der Waals surface area contributed by atoms with Gasteiger partial charge in [0.1, 0.15) is 12.4 Å². The Morgan fingerprint density at radius 1 is 0.880 bits per heavy atom. The van der Waals surface area contributed by atoms with Gasteiger partial charge in [-0.15, -0.1) is 0 Å². The van der Waals surface area contributed by atoms with Crippen LogP contribution < -0.4 is 4.74 Å². The van der Waals surface area contributed by atoms with Crippen molar-refractivity contribution < 1.29 is 23.8 Å². The second-order valence-electron chi connectivity index (χ2n) is 5.93. The number of carbonyl (C=O) groups is 2. The zero-order valence-electron chi connectivity index (χ0n) is 14.7. The fourth-order valence-electron chi connectivity index (χ4n) is 2.20. The van der Waals surface area contributed by atoms with Crippen molar-refractivity contribution in [3.63, 3.8) is 0 Å². The molecular formula is C20H22O5. The maximum absolute atomic E-state index is 12.4. The number of rotatable bonds is 7. The molecule has 0 unspecified atom stereocenters. The number of carbonyl (C=O) groups excluding carboxylic acids is 2. The van der Waals surface area contributed by atoms with E-state index in [2.05, 4.69) is 0 Å². The van der Waals surface area contributed by atoms with Crippen molar-refractivity contribution in [2.24, 2.45) is 5.92 Å². The lowest BCUT2D eigenvalue weighted by atomic mass is 10.1. The van der Waals surface area contributed by atoms with E-state index < -0.39 is 11.9 Å². The number of ether oxygens (including phenoxy) is 3. The molecule has 0 bridgehead atoms. The summed E-state index contributed by atoms with van der Waals surface area (Å²) in [6.45, 7) is 4.24. The molecule has 132 valence electrons. The lowest BCUT2D eigenvalue weighted by molar-refractivity contribution is 0.0417. The predicted octanol–water partition coefficient (Wildman–Crippen LogP) is 3.87. The minimum Gasteiger partial charge on any atom is -0.496 e. The van der Waals surface area contributed by atoms with Gasteiger partial charge < -0.3 is 14.2 Å². The Balaban J connectivity index is 2.10. The average molecular weight is 342 g/mol. The summed E-state index contributed by atoms with van der Waals surface area (Å²) < 4.78 is 15.8. The van der Waals surface area contributed by atoms with Crippen molar-refractivity contribution in [3.05, 3.63) is 65.2 Å². The molecule has 0 aliphatic rings. The number of hydrogen-bond acceptors (Lipinski definition) is 5. The van der Waals surface area contributed by atoms with E-state index in [1.807, 2.05) is 32.0 Å². The summed E-state index contributed by atoms with van der Waals surface area (Å²) in [5.74, 6) is -0.255.